The third-order valence-electron chi connectivity index (χ3n) is 3.10. The molecule has 0 amide bonds. The number of hydrogen-bond acceptors (Lipinski definition) is 2. The number of nitrogens with one attached hydrogen (secondary N) is 1. The molecule has 0 saturated heterocycles. The molecule has 2 aromatic rings. The van der Waals surface area contributed by atoms with Crippen molar-refractivity contribution in [1.82, 2.24) is 9.88 Å². The van der Waals surface area contributed by atoms with Crippen molar-refractivity contribution in [3.63, 3.8) is 0 Å². The molecule has 0 bridgehead atoms. The lowest BCUT2D eigenvalue weighted by atomic mass is 10.2. The Morgan fingerprint density at radius 3 is 2.79 bits per heavy atom. The Labute approximate surface area is 119 Å². The zero-order valence-electron chi connectivity index (χ0n) is 11.3. The molecule has 0 atom stereocenters. The second-order valence-corrected chi connectivity index (χ2v) is 4.78. The fraction of sp³-hybridized carbons (Fsp3) is 0.333. The number of benzene rings is 1. The molecule has 19 heavy (non-hydrogen) atoms. The van der Waals surface area contributed by atoms with Crippen molar-refractivity contribution in [2.45, 2.75) is 26.6 Å². The fourth-order valence-corrected chi connectivity index (χ4v) is 2.26. The molecule has 4 heteroatoms. The molecule has 1 heterocycles. The second-order valence-electron chi connectivity index (χ2n) is 4.37. The summed E-state index contributed by atoms with van der Waals surface area (Å²) in [6.07, 6.45) is 4.24. The van der Waals surface area contributed by atoms with Crippen molar-refractivity contribution < 1.29 is 4.74 Å². The van der Waals surface area contributed by atoms with E-state index in [2.05, 4.69) is 35.3 Å². The number of halogens is 1. The Morgan fingerprint density at radius 2 is 2.11 bits per heavy atom. The van der Waals surface area contributed by atoms with Gasteiger partial charge in [-0.05, 0) is 30.7 Å². The molecule has 0 unspecified atom stereocenters. The Bertz CT molecular complexity index is 537. The predicted octanol–water partition coefficient (Wildman–Crippen LogP) is 3.46. The van der Waals surface area contributed by atoms with Crippen molar-refractivity contribution in [2.24, 2.45) is 0 Å². The van der Waals surface area contributed by atoms with Crippen LogP contribution in [0.25, 0.3) is 0 Å². The summed E-state index contributed by atoms with van der Waals surface area (Å²) in [7, 11) is 1.66. The topological polar surface area (TPSA) is 26.2 Å². The lowest BCUT2D eigenvalue weighted by molar-refractivity contribution is 0.407. The minimum absolute atomic E-state index is 0.695. The number of aryl methyl sites for hydroxylation is 1. The number of aromatic nitrogens is 1. The number of ether oxygens (including phenoxy) is 1. The fourth-order valence-electron chi connectivity index (χ4n) is 2.03. The lowest BCUT2D eigenvalue weighted by Gasteiger charge is -2.11. The molecule has 1 aromatic carbocycles. The molecule has 3 nitrogen and oxygen atoms in total. The molecule has 2 rings (SSSR count). The van der Waals surface area contributed by atoms with Gasteiger partial charge in [0.25, 0.3) is 0 Å². The predicted molar refractivity (Wildman–Crippen MR) is 78.7 cm³/mol. The molecule has 0 aliphatic rings. The van der Waals surface area contributed by atoms with E-state index in [9.17, 15) is 0 Å². The van der Waals surface area contributed by atoms with Crippen LogP contribution in [-0.4, -0.2) is 11.7 Å². The molecule has 1 aromatic heterocycles. The van der Waals surface area contributed by atoms with Crippen LogP contribution in [0.4, 0.5) is 0 Å². The molecule has 0 aliphatic heterocycles. The van der Waals surface area contributed by atoms with E-state index in [-0.39, 0.29) is 0 Å². The summed E-state index contributed by atoms with van der Waals surface area (Å²) in [5.41, 5.74) is 2.27. The van der Waals surface area contributed by atoms with Gasteiger partial charge in [0, 0.05) is 42.6 Å². The van der Waals surface area contributed by atoms with E-state index < -0.39 is 0 Å². The third-order valence-corrected chi connectivity index (χ3v) is 3.46. The summed E-state index contributed by atoms with van der Waals surface area (Å²) >= 11 is 6.19. The number of rotatable bonds is 6. The Balaban J connectivity index is 1.95. The van der Waals surface area contributed by atoms with E-state index in [0.717, 1.165) is 29.4 Å². The van der Waals surface area contributed by atoms with Gasteiger partial charge in [0.2, 0.25) is 0 Å². The maximum absolute atomic E-state index is 6.19. The van der Waals surface area contributed by atoms with E-state index in [4.69, 9.17) is 16.3 Å². The van der Waals surface area contributed by atoms with E-state index in [1.54, 1.807) is 7.11 Å². The highest BCUT2D eigenvalue weighted by molar-refractivity contribution is 6.31. The average molecular weight is 279 g/mol. The normalized spacial score (nSPS) is 10.7. The molecular formula is C15H19ClN2O. The van der Waals surface area contributed by atoms with Gasteiger partial charge < -0.3 is 14.6 Å². The maximum atomic E-state index is 6.19. The molecular weight excluding hydrogens is 260 g/mol. The Hall–Kier alpha value is -1.45. The van der Waals surface area contributed by atoms with Crippen LogP contribution in [0.5, 0.6) is 5.75 Å². The van der Waals surface area contributed by atoms with Gasteiger partial charge in [0.1, 0.15) is 5.75 Å². The number of methoxy groups -OCH3 is 1. The summed E-state index contributed by atoms with van der Waals surface area (Å²) in [5, 5.41) is 4.13. The monoisotopic (exact) mass is 278 g/mol. The molecule has 0 saturated carbocycles. The van der Waals surface area contributed by atoms with Crippen LogP contribution in [0, 0.1) is 0 Å². The largest absolute Gasteiger partial charge is 0.496 e. The van der Waals surface area contributed by atoms with Crippen molar-refractivity contribution in [2.75, 3.05) is 7.11 Å². The van der Waals surface area contributed by atoms with Crippen LogP contribution in [0.15, 0.2) is 36.7 Å². The first-order chi connectivity index (χ1) is 9.24. The first-order valence-corrected chi connectivity index (χ1v) is 6.79. The molecule has 0 fully saturated rings. The van der Waals surface area contributed by atoms with Crippen LogP contribution < -0.4 is 10.1 Å². The first-order valence-electron chi connectivity index (χ1n) is 6.41. The second kappa shape index (κ2) is 6.64. The highest BCUT2D eigenvalue weighted by atomic mass is 35.5. The Kier molecular flexibility index (Phi) is 4.88. The smallest absolute Gasteiger partial charge is 0.124 e. The summed E-state index contributed by atoms with van der Waals surface area (Å²) in [4.78, 5) is 0. The van der Waals surface area contributed by atoms with E-state index >= 15 is 0 Å². The summed E-state index contributed by atoms with van der Waals surface area (Å²) in [6.45, 7) is 4.64. The number of nitrogens with zero attached hydrogens (tertiary/aromatic N) is 1. The highest BCUT2D eigenvalue weighted by Crippen LogP contribution is 2.25. The average Bonchev–Trinajstić information content (AvgIpc) is 2.88. The van der Waals surface area contributed by atoms with Gasteiger partial charge in [-0.15, -0.1) is 0 Å². The van der Waals surface area contributed by atoms with Crippen molar-refractivity contribution in [3.05, 3.63) is 52.8 Å². The maximum Gasteiger partial charge on any atom is 0.124 e. The van der Waals surface area contributed by atoms with E-state index in [0.29, 0.717) is 6.54 Å². The van der Waals surface area contributed by atoms with Crippen LogP contribution in [0.1, 0.15) is 18.1 Å². The van der Waals surface area contributed by atoms with Gasteiger partial charge in [-0.3, -0.25) is 0 Å². The van der Waals surface area contributed by atoms with Crippen molar-refractivity contribution >= 4 is 11.6 Å². The molecule has 0 radical (unpaired) electrons. The standard InChI is InChI=1S/C15H19ClN2O/c1-3-18-8-7-12(11-18)9-17-10-13-14(16)5-4-6-15(13)19-2/h4-8,11,17H,3,9-10H2,1-2H3. The zero-order chi connectivity index (χ0) is 13.7. The highest BCUT2D eigenvalue weighted by Gasteiger charge is 2.07. The minimum Gasteiger partial charge on any atom is -0.496 e. The summed E-state index contributed by atoms with van der Waals surface area (Å²) < 4.78 is 7.48. The quantitative estimate of drug-likeness (QED) is 0.876. The van der Waals surface area contributed by atoms with Gasteiger partial charge in [-0.25, -0.2) is 0 Å². The van der Waals surface area contributed by atoms with Crippen LogP contribution in [-0.2, 0) is 19.6 Å². The van der Waals surface area contributed by atoms with Gasteiger partial charge in [0.05, 0.1) is 7.11 Å². The van der Waals surface area contributed by atoms with Crippen LogP contribution in [0.3, 0.4) is 0 Å². The molecule has 1 N–H and O–H groups in total. The van der Waals surface area contributed by atoms with Gasteiger partial charge in [-0.1, -0.05) is 17.7 Å². The zero-order valence-corrected chi connectivity index (χ0v) is 12.1. The van der Waals surface area contributed by atoms with Crippen LogP contribution in [0.2, 0.25) is 5.02 Å². The van der Waals surface area contributed by atoms with Gasteiger partial charge >= 0.3 is 0 Å². The Morgan fingerprint density at radius 1 is 1.26 bits per heavy atom. The van der Waals surface area contributed by atoms with Crippen molar-refractivity contribution in [1.29, 1.82) is 0 Å². The summed E-state index contributed by atoms with van der Waals surface area (Å²) in [5.74, 6) is 0.825. The van der Waals surface area contributed by atoms with Gasteiger partial charge in [0.15, 0.2) is 0 Å². The molecule has 0 spiro atoms. The lowest BCUT2D eigenvalue weighted by Crippen LogP contribution is -2.13. The molecule has 0 aliphatic carbocycles. The SMILES string of the molecule is CCn1ccc(CNCc2c(Cl)cccc2OC)c1. The summed E-state index contributed by atoms with van der Waals surface area (Å²) in [6, 6.07) is 7.83. The van der Waals surface area contributed by atoms with E-state index in [1.807, 2.05) is 18.2 Å². The van der Waals surface area contributed by atoms with Crippen molar-refractivity contribution in [3.8, 4) is 5.75 Å². The van der Waals surface area contributed by atoms with Gasteiger partial charge in [-0.2, -0.15) is 0 Å². The first kappa shape index (κ1) is 14.0. The third kappa shape index (κ3) is 3.52. The van der Waals surface area contributed by atoms with E-state index in [1.165, 1.54) is 5.56 Å². The number of hydrogen-bond donors (Lipinski definition) is 1. The minimum atomic E-state index is 0.695. The molecule has 102 valence electrons. The van der Waals surface area contributed by atoms with Crippen LogP contribution >= 0.6 is 11.6 Å².